The number of amides is 2. The molecule has 2 aliphatic rings. The zero-order chi connectivity index (χ0) is 31.4. The highest BCUT2D eigenvalue weighted by atomic mass is 16.4. The molecule has 14 heteroatoms. The van der Waals surface area contributed by atoms with Gasteiger partial charge in [-0.1, -0.05) is 6.42 Å². The molecular weight excluding hydrogens is 546 g/mol. The lowest BCUT2D eigenvalue weighted by molar-refractivity contribution is -0.149. The Balaban J connectivity index is 2.12. The number of nitrogens with two attached hydrogens (primary N) is 4. The molecule has 2 fully saturated rings. The van der Waals surface area contributed by atoms with Crippen LogP contribution in [-0.2, 0) is 24.0 Å². The summed E-state index contributed by atoms with van der Waals surface area (Å²) in [5, 5.41) is 19.4. The van der Waals surface area contributed by atoms with Gasteiger partial charge in [-0.05, 0) is 64.8 Å². The smallest absolute Gasteiger partial charge is 0.306 e. The SMILES string of the molecule is CC(O)C(N)C(=O)CC(CCCCN)C(=O)N1CCCC1C(=O)N1CCCC1C(=O)CC(CCCN=C(N)N)C(=O)O. The van der Waals surface area contributed by atoms with E-state index in [1.807, 2.05) is 0 Å². The van der Waals surface area contributed by atoms with Gasteiger partial charge in [0.05, 0.1) is 24.1 Å². The molecule has 2 aliphatic heterocycles. The quantitative estimate of drug-likeness (QED) is 0.0643. The summed E-state index contributed by atoms with van der Waals surface area (Å²) in [6.45, 7) is 2.81. The van der Waals surface area contributed by atoms with Gasteiger partial charge < -0.3 is 42.9 Å². The number of likely N-dealkylation sites (tertiary alicyclic amines) is 2. The summed E-state index contributed by atoms with van der Waals surface area (Å²) in [4.78, 5) is 72.1. The first-order valence-electron chi connectivity index (χ1n) is 15.0. The van der Waals surface area contributed by atoms with Gasteiger partial charge in [-0.2, -0.15) is 0 Å². The molecular formula is C28H49N7O7. The molecule has 0 aromatic rings. The molecule has 6 unspecified atom stereocenters. The monoisotopic (exact) mass is 595 g/mol. The fraction of sp³-hybridized carbons (Fsp3) is 0.786. The molecule has 2 amide bonds. The van der Waals surface area contributed by atoms with Crippen LogP contribution in [0.2, 0.25) is 0 Å². The van der Waals surface area contributed by atoms with E-state index < -0.39 is 47.8 Å². The largest absolute Gasteiger partial charge is 0.481 e. The lowest BCUT2D eigenvalue weighted by Gasteiger charge is -2.33. The Labute approximate surface area is 247 Å². The number of hydrogen-bond acceptors (Lipinski definition) is 9. The van der Waals surface area contributed by atoms with Crippen LogP contribution in [0.5, 0.6) is 0 Å². The molecule has 2 heterocycles. The fourth-order valence-corrected chi connectivity index (χ4v) is 5.81. The molecule has 0 bridgehead atoms. The number of carboxylic acids is 1. The second kappa shape index (κ2) is 17.1. The van der Waals surface area contributed by atoms with Crippen LogP contribution in [-0.4, -0.2) is 106 Å². The summed E-state index contributed by atoms with van der Waals surface area (Å²) >= 11 is 0. The molecule has 0 aliphatic carbocycles. The highest BCUT2D eigenvalue weighted by molar-refractivity contribution is 5.96. The number of carboxylic acid groups (broad SMARTS) is 1. The Morgan fingerprint density at radius 3 is 2.12 bits per heavy atom. The second-order valence-electron chi connectivity index (χ2n) is 11.5. The summed E-state index contributed by atoms with van der Waals surface area (Å²) in [6.07, 6.45) is 2.95. The third kappa shape index (κ3) is 10.0. The number of nitrogens with zero attached hydrogens (tertiary/aromatic N) is 3. The lowest BCUT2D eigenvalue weighted by atomic mass is 9.91. The van der Waals surface area contributed by atoms with Gasteiger partial charge in [0.15, 0.2) is 17.5 Å². The van der Waals surface area contributed by atoms with Gasteiger partial charge >= 0.3 is 5.97 Å². The molecule has 0 saturated carbocycles. The first-order chi connectivity index (χ1) is 19.9. The molecule has 10 N–H and O–H groups in total. The van der Waals surface area contributed by atoms with E-state index in [9.17, 15) is 34.2 Å². The van der Waals surface area contributed by atoms with Crippen molar-refractivity contribution in [1.82, 2.24) is 9.80 Å². The highest BCUT2D eigenvalue weighted by Crippen LogP contribution is 2.29. The summed E-state index contributed by atoms with van der Waals surface area (Å²) < 4.78 is 0. The highest BCUT2D eigenvalue weighted by Gasteiger charge is 2.44. The van der Waals surface area contributed by atoms with Gasteiger partial charge in [-0.3, -0.25) is 29.0 Å². The van der Waals surface area contributed by atoms with Crippen molar-refractivity contribution in [2.75, 3.05) is 26.2 Å². The van der Waals surface area contributed by atoms with E-state index >= 15 is 0 Å². The minimum Gasteiger partial charge on any atom is -0.481 e. The molecule has 238 valence electrons. The first-order valence-corrected chi connectivity index (χ1v) is 15.0. The van der Waals surface area contributed by atoms with Crippen molar-refractivity contribution in [2.45, 2.75) is 102 Å². The average molecular weight is 596 g/mol. The average Bonchev–Trinajstić information content (AvgIpc) is 3.63. The van der Waals surface area contributed by atoms with Crippen LogP contribution >= 0.6 is 0 Å². The van der Waals surface area contributed by atoms with Crippen molar-refractivity contribution in [3.05, 3.63) is 0 Å². The Bertz CT molecular complexity index is 986. The van der Waals surface area contributed by atoms with Gasteiger partial charge in [-0.25, -0.2) is 0 Å². The summed E-state index contributed by atoms with van der Waals surface area (Å²) in [5.41, 5.74) is 22.1. The predicted molar refractivity (Wildman–Crippen MR) is 156 cm³/mol. The number of hydrogen-bond donors (Lipinski definition) is 6. The molecule has 2 rings (SSSR count). The van der Waals surface area contributed by atoms with Gasteiger partial charge in [0.25, 0.3) is 0 Å². The number of carbonyl (C=O) groups excluding carboxylic acids is 4. The van der Waals surface area contributed by atoms with Crippen molar-refractivity contribution < 1.29 is 34.2 Å². The normalized spacial score (nSPS) is 21.4. The zero-order valence-electron chi connectivity index (χ0n) is 24.7. The minimum atomic E-state index is -1.11. The van der Waals surface area contributed by atoms with Gasteiger partial charge in [-0.15, -0.1) is 0 Å². The number of carbonyl (C=O) groups is 5. The number of aliphatic hydroxyl groups is 1. The number of ketones is 2. The topological polar surface area (TPSA) is 249 Å². The van der Waals surface area contributed by atoms with Crippen LogP contribution < -0.4 is 22.9 Å². The fourth-order valence-electron chi connectivity index (χ4n) is 5.81. The molecule has 2 saturated heterocycles. The Morgan fingerprint density at radius 1 is 0.905 bits per heavy atom. The third-order valence-electron chi connectivity index (χ3n) is 8.23. The number of rotatable bonds is 18. The lowest BCUT2D eigenvalue weighted by Crippen LogP contribution is -2.52. The van der Waals surface area contributed by atoms with E-state index in [1.54, 1.807) is 0 Å². The number of guanidine groups is 1. The van der Waals surface area contributed by atoms with Crippen molar-refractivity contribution in [1.29, 1.82) is 0 Å². The van der Waals surface area contributed by atoms with Crippen molar-refractivity contribution in [3.8, 4) is 0 Å². The standard InChI is InChI=1S/C28H49N7O7/c1-17(36)24(30)23(38)15-18(7-2-3-11-29)25(39)35-14-6-10-21(35)26(40)34-13-5-9-20(34)22(37)16-19(27(41)42)8-4-12-33-28(31)32/h17-21,24,36H,2-16,29-30H2,1H3,(H,41,42)(H4,31,32,33). The van der Waals surface area contributed by atoms with E-state index in [4.69, 9.17) is 22.9 Å². The minimum absolute atomic E-state index is 0.0886. The number of aliphatic carboxylic acids is 1. The van der Waals surface area contributed by atoms with E-state index in [0.29, 0.717) is 71.0 Å². The third-order valence-corrected chi connectivity index (χ3v) is 8.23. The van der Waals surface area contributed by atoms with E-state index in [-0.39, 0.29) is 49.4 Å². The van der Waals surface area contributed by atoms with E-state index in [0.717, 1.165) is 0 Å². The van der Waals surface area contributed by atoms with Crippen molar-refractivity contribution in [2.24, 2.45) is 39.8 Å². The predicted octanol–water partition coefficient (Wildman–Crippen LogP) is -0.905. The van der Waals surface area contributed by atoms with E-state index in [2.05, 4.69) is 4.99 Å². The summed E-state index contributed by atoms with van der Waals surface area (Å²) in [7, 11) is 0. The molecule has 14 nitrogen and oxygen atoms in total. The molecule has 42 heavy (non-hydrogen) atoms. The number of unbranched alkanes of at least 4 members (excludes halogenated alkanes) is 1. The van der Waals surface area contributed by atoms with E-state index in [1.165, 1.54) is 16.7 Å². The van der Waals surface area contributed by atoms with Crippen molar-refractivity contribution >= 4 is 35.3 Å². The second-order valence-corrected chi connectivity index (χ2v) is 11.5. The number of aliphatic hydroxyl groups excluding tert-OH is 1. The van der Waals surface area contributed by atoms with Crippen LogP contribution in [0.3, 0.4) is 0 Å². The zero-order valence-corrected chi connectivity index (χ0v) is 24.7. The number of aliphatic imine (C=N–C) groups is 1. The maximum absolute atomic E-state index is 13.8. The molecule has 6 atom stereocenters. The Kier molecular flexibility index (Phi) is 14.3. The first kappa shape index (κ1) is 35.1. The van der Waals surface area contributed by atoms with Crippen LogP contribution in [0.1, 0.15) is 77.6 Å². The molecule has 0 aromatic heterocycles. The Morgan fingerprint density at radius 2 is 1.52 bits per heavy atom. The maximum atomic E-state index is 13.8. The van der Waals surface area contributed by atoms with Crippen molar-refractivity contribution in [3.63, 3.8) is 0 Å². The van der Waals surface area contributed by atoms with Crippen LogP contribution in [0.15, 0.2) is 4.99 Å². The summed E-state index contributed by atoms with van der Waals surface area (Å²) in [6, 6.07) is -2.62. The van der Waals surface area contributed by atoms with Gasteiger partial charge in [0.1, 0.15) is 6.04 Å². The number of Topliss-reactive ketones (excluding diaryl/α,β-unsaturated/α-hetero) is 2. The molecule has 0 aromatic carbocycles. The van der Waals surface area contributed by atoms with Gasteiger partial charge in [0.2, 0.25) is 11.8 Å². The van der Waals surface area contributed by atoms with Crippen LogP contribution in [0.25, 0.3) is 0 Å². The van der Waals surface area contributed by atoms with Gasteiger partial charge in [0, 0.05) is 38.4 Å². The Hall–Kier alpha value is -3.10. The molecule has 0 spiro atoms. The maximum Gasteiger partial charge on any atom is 0.306 e. The van der Waals surface area contributed by atoms with Crippen LogP contribution in [0, 0.1) is 11.8 Å². The molecule has 0 radical (unpaired) electrons. The summed E-state index contributed by atoms with van der Waals surface area (Å²) in [5.74, 6) is -4.19. The van der Waals surface area contributed by atoms with Crippen LogP contribution in [0.4, 0.5) is 0 Å².